The molecule has 11 nitrogen and oxygen atoms in total. The molecule has 1 aliphatic rings. The van der Waals surface area contributed by atoms with Gasteiger partial charge in [0.2, 0.25) is 21.5 Å². The van der Waals surface area contributed by atoms with Crippen molar-refractivity contribution in [2.24, 2.45) is 0 Å². The van der Waals surface area contributed by atoms with Crippen LogP contribution in [0.4, 0.5) is 10.1 Å². The number of sulfonamides is 1. The van der Waals surface area contributed by atoms with Crippen LogP contribution in [0.25, 0.3) is 0 Å². The van der Waals surface area contributed by atoms with E-state index in [9.17, 15) is 27.7 Å². The predicted octanol–water partition coefficient (Wildman–Crippen LogP) is 2.30. The Bertz CT molecular complexity index is 1190. The minimum Gasteiger partial charge on any atom is -0.493 e. The second-order valence-electron chi connectivity index (χ2n) is 7.30. The first-order chi connectivity index (χ1) is 16.1. The molecule has 1 aliphatic heterocycles. The molecule has 0 aromatic heterocycles. The number of nitro groups is 1. The van der Waals surface area contributed by atoms with Crippen molar-refractivity contribution in [1.29, 1.82) is 0 Å². The standard InChI is InChI=1S/C21H24FN3O8S/c1-31-17-13-16(18(25(27)28)20(33-3)19(17)32-2)21(26)23-9-4-10-24(12-11-23)34(29,30)15-7-5-14(22)6-8-15/h5-8,13H,4,9-12H2,1-3H3. The normalized spacial score (nSPS) is 14.9. The molecule has 0 unspecified atom stereocenters. The van der Waals surface area contributed by atoms with Gasteiger partial charge in [-0.2, -0.15) is 4.31 Å². The van der Waals surface area contributed by atoms with Gasteiger partial charge in [-0.25, -0.2) is 12.8 Å². The van der Waals surface area contributed by atoms with Gasteiger partial charge in [0, 0.05) is 32.2 Å². The first-order valence-electron chi connectivity index (χ1n) is 10.2. The minimum absolute atomic E-state index is 0.00687. The Balaban J connectivity index is 1.92. The third-order valence-electron chi connectivity index (χ3n) is 5.41. The van der Waals surface area contributed by atoms with Crippen LogP contribution in [0.3, 0.4) is 0 Å². The molecule has 0 aliphatic carbocycles. The largest absolute Gasteiger partial charge is 0.493 e. The Morgan fingerprint density at radius 1 is 1.00 bits per heavy atom. The van der Waals surface area contributed by atoms with Crippen LogP contribution in [0.2, 0.25) is 0 Å². The van der Waals surface area contributed by atoms with E-state index in [0.717, 1.165) is 12.1 Å². The molecule has 0 saturated carbocycles. The number of carbonyl (C=O) groups is 1. The van der Waals surface area contributed by atoms with Crippen molar-refractivity contribution in [3.8, 4) is 17.2 Å². The Morgan fingerprint density at radius 3 is 2.21 bits per heavy atom. The second kappa shape index (κ2) is 10.2. The number of ether oxygens (including phenoxy) is 3. The number of amides is 1. The van der Waals surface area contributed by atoms with Gasteiger partial charge in [0.1, 0.15) is 11.4 Å². The number of nitrogens with zero attached hydrogens (tertiary/aromatic N) is 3. The Labute approximate surface area is 195 Å². The van der Waals surface area contributed by atoms with E-state index >= 15 is 0 Å². The van der Waals surface area contributed by atoms with Gasteiger partial charge in [0.15, 0.2) is 5.75 Å². The molecule has 1 amide bonds. The smallest absolute Gasteiger partial charge is 0.327 e. The number of nitro benzene ring substituents is 1. The summed E-state index contributed by atoms with van der Waals surface area (Å²) in [6.07, 6.45) is 0.296. The molecule has 0 atom stereocenters. The molecule has 0 radical (unpaired) electrons. The van der Waals surface area contributed by atoms with Crippen molar-refractivity contribution in [3.05, 3.63) is 51.8 Å². The summed E-state index contributed by atoms with van der Waals surface area (Å²) in [6, 6.07) is 5.68. The summed E-state index contributed by atoms with van der Waals surface area (Å²) in [5.41, 5.74) is -0.848. The van der Waals surface area contributed by atoms with E-state index in [0.29, 0.717) is 6.42 Å². The van der Waals surface area contributed by atoms with E-state index in [1.807, 2.05) is 0 Å². The zero-order valence-corrected chi connectivity index (χ0v) is 19.6. The van der Waals surface area contributed by atoms with Crippen molar-refractivity contribution >= 4 is 21.6 Å². The lowest BCUT2D eigenvalue weighted by atomic mass is 10.1. The van der Waals surface area contributed by atoms with E-state index in [4.69, 9.17) is 14.2 Å². The van der Waals surface area contributed by atoms with E-state index < -0.39 is 32.4 Å². The maximum atomic E-state index is 13.3. The Hall–Kier alpha value is -3.45. The Kier molecular flexibility index (Phi) is 7.57. The molecule has 2 aromatic rings. The lowest BCUT2D eigenvalue weighted by molar-refractivity contribution is -0.386. The van der Waals surface area contributed by atoms with Gasteiger partial charge >= 0.3 is 5.69 Å². The molecule has 0 N–H and O–H groups in total. The molecule has 0 bridgehead atoms. The fraction of sp³-hybridized carbons (Fsp3) is 0.381. The summed E-state index contributed by atoms with van der Waals surface area (Å²) in [5.74, 6) is -1.44. The van der Waals surface area contributed by atoms with Crippen LogP contribution >= 0.6 is 0 Å². The van der Waals surface area contributed by atoms with Gasteiger partial charge in [-0.1, -0.05) is 0 Å². The number of rotatable bonds is 7. The highest BCUT2D eigenvalue weighted by Gasteiger charge is 2.35. The number of hydrogen-bond acceptors (Lipinski definition) is 8. The molecule has 13 heteroatoms. The number of hydrogen-bond donors (Lipinski definition) is 0. The third kappa shape index (κ3) is 4.75. The molecular formula is C21H24FN3O8S. The highest BCUT2D eigenvalue weighted by molar-refractivity contribution is 7.89. The SMILES string of the molecule is COc1cc(C(=O)N2CCCN(S(=O)(=O)c3ccc(F)cc3)CC2)c([N+](=O)[O-])c(OC)c1OC. The maximum absolute atomic E-state index is 13.3. The maximum Gasteiger partial charge on any atom is 0.327 e. The molecule has 0 spiro atoms. The summed E-state index contributed by atoms with van der Waals surface area (Å²) >= 11 is 0. The van der Waals surface area contributed by atoms with Crippen molar-refractivity contribution in [1.82, 2.24) is 9.21 Å². The van der Waals surface area contributed by atoms with E-state index in [2.05, 4.69) is 0 Å². The van der Waals surface area contributed by atoms with E-state index in [1.165, 1.54) is 48.7 Å². The van der Waals surface area contributed by atoms with Crippen LogP contribution in [-0.4, -0.2) is 76.0 Å². The van der Waals surface area contributed by atoms with Gasteiger partial charge < -0.3 is 19.1 Å². The van der Waals surface area contributed by atoms with Crippen LogP contribution in [0.15, 0.2) is 35.2 Å². The molecule has 1 heterocycles. The van der Waals surface area contributed by atoms with Gasteiger partial charge in [-0.05, 0) is 30.7 Å². The molecule has 3 rings (SSSR count). The molecule has 1 fully saturated rings. The number of halogens is 1. The van der Waals surface area contributed by atoms with Crippen LogP contribution in [-0.2, 0) is 10.0 Å². The number of carbonyl (C=O) groups excluding carboxylic acids is 1. The zero-order valence-electron chi connectivity index (χ0n) is 18.8. The molecule has 2 aromatic carbocycles. The fourth-order valence-electron chi connectivity index (χ4n) is 3.75. The average Bonchev–Trinajstić information content (AvgIpc) is 3.09. The van der Waals surface area contributed by atoms with Gasteiger partial charge in [-0.15, -0.1) is 0 Å². The third-order valence-corrected chi connectivity index (χ3v) is 7.32. The van der Waals surface area contributed by atoms with E-state index in [-0.39, 0.29) is 53.9 Å². The van der Waals surface area contributed by atoms with Crippen molar-refractivity contribution in [2.45, 2.75) is 11.3 Å². The highest BCUT2D eigenvalue weighted by atomic mass is 32.2. The minimum atomic E-state index is -3.90. The van der Waals surface area contributed by atoms with Crippen molar-refractivity contribution < 1.29 is 36.7 Å². The van der Waals surface area contributed by atoms with Crippen LogP contribution in [0, 0.1) is 15.9 Å². The number of methoxy groups -OCH3 is 3. The van der Waals surface area contributed by atoms with Crippen LogP contribution in [0.5, 0.6) is 17.2 Å². The summed E-state index contributed by atoms with van der Waals surface area (Å²) in [7, 11) is -0.0837. The molecule has 1 saturated heterocycles. The van der Waals surface area contributed by atoms with Crippen LogP contribution < -0.4 is 14.2 Å². The summed E-state index contributed by atoms with van der Waals surface area (Å²) < 4.78 is 55.9. The number of benzene rings is 2. The first kappa shape index (κ1) is 25.2. The first-order valence-corrected chi connectivity index (χ1v) is 11.6. The van der Waals surface area contributed by atoms with E-state index in [1.54, 1.807) is 0 Å². The summed E-state index contributed by atoms with van der Waals surface area (Å²) in [4.78, 5) is 25.7. The quantitative estimate of drug-likeness (QED) is 0.421. The highest BCUT2D eigenvalue weighted by Crippen LogP contribution is 2.46. The average molecular weight is 498 g/mol. The topological polar surface area (TPSA) is 129 Å². The van der Waals surface area contributed by atoms with Crippen molar-refractivity contribution in [3.63, 3.8) is 0 Å². The second-order valence-corrected chi connectivity index (χ2v) is 9.24. The van der Waals surface area contributed by atoms with Crippen molar-refractivity contribution in [2.75, 3.05) is 47.5 Å². The monoisotopic (exact) mass is 497 g/mol. The molecular weight excluding hydrogens is 473 g/mol. The van der Waals surface area contributed by atoms with Gasteiger partial charge in [-0.3, -0.25) is 14.9 Å². The summed E-state index contributed by atoms with van der Waals surface area (Å²) in [6.45, 7) is 0.250. The fourth-order valence-corrected chi connectivity index (χ4v) is 5.22. The van der Waals surface area contributed by atoms with Gasteiger partial charge in [0.25, 0.3) is 5.91 Å². The summed E-state index contributed by atoms with van der Waals surface area (Å²) in [5, 5.41) is 11.8. The predicted molar refractivity (Wildman–Crippen MR) is 118 cm³/mol. The molecule has 184 valence electrons. The zero-order chi connectivity index (χ0) is 25.0. The lowest BCUT2D eigenvalue weighted by Gasteiger charge is -2.23. The van der Waals surface area contributed by atoms with Gasteiger partial charge in [0.05, 0.1) is 31.1 Å². The van der Waals surface area contributed by atoms with Crippen LogP contribution in [0.1, 0.15) is 16.8 Å². The molecule has 34 heavy (non-hydrogen) atoms. The lowest BCUT2D eigenvalue weighted by Crippen LogP contribution is -2.37. The Morgan fingerprint density at radius 2 is 1.65 bits per heavy atom.